The van der Waals surface area contributed by atoms with Crippen molar-refractivity contribution in [2.45, 2.75) is 12.1 Å². The van der Waals surface area contributed by atoms with E-state index in [1.54, 1.807) is 0 Å². The van der Waals surface area contributed by atoms with Gasteiger partial charge in [-0.25, -0.2) is 4.39 Å². The monoisotopic (exact) mass is 222 g/mol. The minimum atomic E-state index is -1.27. The molecular formula is C7H11FN2OS2. The third-order valence-electron chi connectivity index (χ3n) is 1.95. The first-order valence-corrected chi connectivity index (χ1v) is 5.71. The van der Waals surface area contributed by atoms with Gasteiger partial charge < -0.3 is 4.18 Å². The van der Waals surface area contributed by atoms with Gasteiger partial charge in [-0.2, -0.15) is 5.26 Å². The number of rotatable bonds is 5. The van der Waals surface area contributed by atoms with Crippen LogP contribution >= 0.6 is 22.7 Å². The highest BCUT2D eigenvalue weighted by molar-refractivity contribution is 8.66. The summed E-state index contributed by atoms with van der Waals surface area (Å²) < 4.78 is 18.3. The van der Waals surface area contributed by atoms with Gasteiger partial charge in [0.05, 0.1) is 30.2 Å². The molecule has 1 saturated heterocycles. The third kappa shape index (κ3) is 3.35. The van der Waals surface area contributed by atoms with Gasteiger partial charge in [0, 0.05) is 19.6 Å². The molecule has 74 valence electrons. The summed E-state index contributed by atoms with van der Waals surface area (Å²) in [6, 6.07) is 1.85. The van der Waals surface area contributed by atoms with Crippen LogP contribution in [0, 0.1) is 11.3 Å². The van der Waals surface area contributed by atoms with Crippen molar-refractivity contribution >= 4 is 22.7 Å². The zero-order valence-electron chi connectivity index (χ0n) is 7.07. The molecule has 1 aliphatic heterocycles. The Morgan fingerprint density at radius 2 is 2.38 bits per heavy atom. The van der Waals surface area contributed by atoms with Crippen molar-refractivity contribution in [3.63, 3.8) is 0 Å². The van der Waals surface area contributed by atoms with Gasteiger partial charge in [0.1, 0.15) is 5.67 Å². The highest BCUT2D eigenvalue weighted by atomic mass is 33.1. The van der Waals surface area contributed by atoms with E-state index in [1.807, 2.05) is 11.0 Å². The summed E-state index contributed by atoms with van der Waals surface area (Å²) in [6.07, 6.45) is -0.00826. The number of likely N-dealkylation sites (tertiary alicyclic amines) is 1. The molecule has 0 saturated carbocycles. The van der Waals surface area contributed by atoms with E-state index in [0.717, 1.165) is 11.1 Å². The predicted octanol–water partition coefficient (Wildman–Crippen LogP) is 1.43. The van der Waals surface area contributed by atoms with Gasteiger partial charge in [0.15, 0.2) is 0 Å². The van der Waals surface area contributed by atoms with Crippen LogP contribution in [0.15, 0.2) is 0 Å². The normalized spacial score (nSPS) is 20.7. The molecule has 0 amide bonds. The number of nitriles is 1. The number of nitrogens with zero attached hydrogens (tertiary/aromatic N) is 2. The van der Waals surface area contributed by atoms with Gasteiger partial charge in [-0.05, 0) is 0 Å². The summed E-state index contributed by atoms with van der Waals surface area (Å²) in [5.74, 6) is 0. The summed E-state index contributed by atoms with van der Waals surface area (Å²) in [5, 5.41) is 8.32. The lowest BCUT2D eigenvalue weighted by Gasteiger charge is -2.43. The highest BCUT2D eigenvalue weighted by Gasteiger charge is 2.42. The Balaban J connectivity index is 2.08. The van der Waals surface area contributed by atoms with Gasteiger partial charge in [-0.1, -0.05) is 11.7 Å². The molecular weight excluding hydrogens is 211 g/mol. The second kappa shape index (κ2) is 5.05. The van der Waals surface area contributed by atoms with Crippen LogP contribution in [0.25, 0.3) is 0 Å². The molecule has 0 aromatic rings. The molecule has 0 aromatic heterocycles. The van der Waals surface area contributed by atoms with Crippen molar-refractivity contribution in [1.82, 2.24) is 4.90 Å². The summed E-state index contributed by atoms with van der Waals surface area (Å²) in [6.45, 7) is 1.93. The van der Waals surface area contributed by atoms with Crippen LogP contribution in [0.1, 0.15) is 6.42 Å². The Labute approximate surface area is 86.2 Å². The SMILES string of the molecule is N#CCC1(F)CN(CCOSS)C1. The van der Waals surface area contributed by atoms with Crippen LogP contribution in [-0.4, -0.2) is 36.8 Å². The molecule has 6 heteroatoms. The largest absolute Gasteiger partial charge is 0.304 e. The lowest BCUT2D eigenvalue weighted by Crippen LogP contribution is -2.59. The average Bonchev–Trinajstić information content (AvgIpc) is 2.02. The maximum absolute atomic E-state index is 13.3. The van der Waals surface area contributed by atoms with Crippen molar-refractivity contribution in [2.75, 3.05) is 26.2 Å². The zero-order valence-corrected chi connectivity index (χ0v) is 8.78. The fraction of sp³-hybridized carbons (Fsp3) is 0.857. The molecule has 0 bridgehead atoms. The van der Waals surface area contributed by atoms with Crippen LogP contribution in [0.3, 0.4) is 0 Å². The lowest BCUT2D eigenvalue weighted by molar-refractivity contribution is -0.0322. The highest BCUT2D eigenvalue weighted by Crippen LogP contribution is 2.28. The van der Waals surface area contributed by atoms with E-state index in [2.05, 4.69) is 11.7 Å². The van der Waals surface area contributed by atoms with E-state index in [-0.39, 0.29) is 6.42 Å². The maximum Gasteiger partial charge on any atom is 0.149 e. The molecule has 1 heterocycles. The number of hydrogen-bond donors (Lipinski definition) is 1. The number of alkyl halides is 1. The Bertz CT molecular complexity index is 203. The summed E-state index contributed by atoms with van der Waals surface area (Å²) in [4.78, 5) is 1.92. The van der Waals surface area contributed by atoms with E-state index in [0.29, 0.717) is 26.2 Å². The van der Waals surface area contributed by atoms with Crippen LogP contribution in [0.2, 0.25) is 0 Å². The van der Waals surface area contributed by atoms with Crippen molar-refractivity contribution in [2.24, 2.45) is 0 Å². The van der Waals surface area contributed by atoms with Crippen molar-refractivity contribution in [3.8, 4) is 6.07 Å². The van der Waals surface area contributed by atoms with Gasteiger partial charge in [0.25, 0.3) is 0 Å². The van der Waals surface area contributed by atoms with Crippen LogP contribution < -0.4 is 0 Å². The molecule has 13 heavy (non-hydrogen) atoms. The van der Waals surface area contributed by atoms with Gasteiger partial charge >= 0.3 is 0 Å². The third-order valence-corrected chi connectivity index (χ3v) is 2.54. The van der Waals surface area contributed by atoms with E-state index in [4.69, 9.17) is 9.44 Å². The molecule has 0 aromatic carbocycles. The molecule has 1 aliphatic rings. The molecule has 0 atom stereocenters. The molecule has 0 spiro atoms. The quantitative estimate of drug-likeness (QED) is 0.330. The van der Waals surface area contributed by atoms with Crippen molar-refractivity contribution in [1.29, 1.82) is 5.26 Å². The molecule has 3 nitrogen and oxygen atoms in total. The number of halogens is 1. The van der Waals surface area contributed by atoms with Crippen molar-refractivity contribution in [3.05, 3.63) is 0 Å². The maximum atomic E-state index is 13.3. The predicted molar refractivity (Wildman–Crippen MR) is 53.0 cm³/mol. The molecule has 1 rings (SSSR count). The molecule has 0 radical (unpaired) electrons. The summed E-state index contributed by atoms with van der Waals surface area (Å²) in [7, 11) is 0. The molecule has 0 N–H and O–H groups in total. The Morgan fingerprint density at radius 1 is 1.69 bits per heavy atom. The van der Waals surface area contributed by atoms with Crippen LogP contribution in [-0.2, 0) is 4.18 Å². The first kappa shape index (κ1) is 11.1. The van der Waals surface area contributed by atoms with Crippen LogP contribution in [0.4, 0.5) is 4.39 Å². The first-order valence-electron chi connectivity index (χ1n) is 3.91. The fourth-order valence-corrected chi connectivity index (χ4v) is 1.74. The standard InChI is InChI=1S/C7H11FN2OS2/c8-7(1-2-9)5-10(6-7)3-4-11-13-12/h12H,1,3-6H2. The fourth-order valence-electron chi connectivity index (χ4n) is 1.37. The van der Waals surface area contributed by atoms with Crippen LogP contribution in [0.5, 0.6) is 0 Å². The Kier molecular flexibility index (Phi) is 4.32. The topological polar surface area (TPSA) is 36.3 Å². The minimum Gasteiger partial charge on any atom is -0.304 e. The average molecular weight is 222 g/mol. The number of thiol groups is 1. The second-order valence-electron chi connectivity index (χ2n) is 3.09. The minimum absolute atomic E-state index is 0.00826. The van der Waals surface area contributed by atoms with Gasteiger partial charge in [0.2, 0.25) is 0 Å². The molecule has 0 aliphatic carbocycles. The van der Waals surface area contributed by atoms with E-state index in [9.17, 15) is 4.39 Å². The zero-order chi connectivity index (χ0) is 9.73. The Hall–Kier alpha value is 0.0400. The summed E-state index contributed by atoms with van der Waals surface area (Å²) >= 11 is 4.81. The first-order chi connectivity index (χ1) is 6.20. The lowest BCUT2D eigenvalue weighted by atomic mass is 9.93. The summed E-state index contributed by atoms with van der Waals surface area (Å²) in [5.41, 5.74) is -1.27. The number of hydrogen-bond acceptors (Lipinski definition) is 5. The molecule has 1 fully saturated rings. The second-order valence-corrected chi connectivity index (χ2v) is 3.92. The van der Waals surface area contributed by atoms with E-state index < -0.39 is 5.67 Å². The van der Waals surface area contributed by atoms with Gasteiger partial charge in [-0.15, -0.1) is 0 Å². The van der Waals surface area contributed by atoms with Crippen molar-refractivity contribution < 1.29 is 8.57 Å². The van der Waals surface area contributed by atoms with E-state index >= 15 is 0 Å². The van der Waals surface area contributed by atoms with E-state index in [1.165, 1.54) is 0 Å². The van der Waals surface area contributed by atoms with Gasteiger partial charge in [-0.3, -0.25) is 4.90 Å². The Morgan fingerprint density at radius 3 is 2.92 bits per heavy atom. The smallest absolute Gasteiger partial charge is 0.149 e. The molecule has 0 unspecified atom stereocenters.